The number of nitrogens with zero attached hydrogens (tertiary/aromatic N) is 3. The molecule has 0 radical (unpaired) electrons. The second-order valence-corrected chi connectivity index (χ2v) is 6.48. The Kier molecular flexibility index (Phi) is 5.97. The van der Waals surface area contributed by atoms with Gasteiger partial charge in [-0.15, -0.1) is 10.2 Å². The predicted molar refractivity (Wildman–Crippen MR) is 97.9 cm³/mol. The number of nitrogens with one attached hydrogen (secondary N) is 2. The highest BCUT2D eigenvalue weighted by Crippen LogP contribution is 2.26. The van der Waals surface area contributed by atoms with Crippen molar-refractivity contribution in [1.29, 1.82) is 0 Å². The molecule has 27 heavy (non-hydrogen) atoms. The van der Waals surface area contributed by atoms with Crippen molar-refractivity contribution in [2.45, 2.75) is 32.1 Å². The van der Waals surface area contributed by atoms with Crippen molar-refractivity contribution >= 4 is 23.7 Å². The number of thioether (sulfide) groups is 1. The maximum atomic E-state index is 12.0. The third-order valence-corrected chi connectivity index (χ3v) is 4.69. The Morgan fingerprint density at radius 3 is 2.74 bits per heavy atom. The number of carbonyl (C=O) groups is 2. The molecule has 0 aliphatic rings. The van der Waals surface area contributed by atoms with Crippen molar-refractivity contribution in [3.05, 3.63) is 42.2 Å². The summed E-state index contributed by atoms with van der Waals surface area (Å²) in [7, 11) is 0. The summed E-state index contributed by atoms with van der Waals surface area (Å²) in [5.74, 6) is 1.65. The molecule has 0 aliphatic heterocycles. The van der Waals surface area contributed by atoms with Crippen LogP contribution in [0.5, 0.6) is 0 Å². The summed E-state index contributed by atoms with van der Waals surface area (Å²) in [6.07, 6.45) is 3.11. The Morgan fingerprint density at radius 1 is 1.22 bits per heavy atom. The van der Waals surface area contributed by atoms with Gasteiger partial charge in [0.25, 0.3) is 0 Å². The molecule has 3 amide bonds. The van der Waals surface area contributed by atoms with Gasteiger partial charge in [-0.1, -0.05) is 11.8 Å². The molecule has 9 nitrogen and oxygen atoms in total. The first-order valence-corrected chi connectivity index (χ1v) is 9.27. The summed E-state index contributed by atoms with van der Waals surface area (Å²) in [5.41, 5.74) is 0.859. The zero-order chi connectivity index (χ0) is 19.2. The number of hydrogen-bond acceptors (Lipinski definition) is 7. The largest absolute Gasteiger partial charge is 0.469 e. The maximum Gasteiger partial charge on any atom is 0.321 e. The van der Waals surface area contributed by atoms with Gasteiger partial charge >= 0.3 is 6.03 Å². The van der Waals surface area contributed by atoms with E-state index in [2.05, 4.69) is 20.8 Å². The van der Waals surface area contributed by atoms with E-state index in [4.69, 9.17) is 8.83 Å². The van der Waals surface area contributed by atoms with Gasteiger partial charge in [0, 0.05) is 6.54 Å². The van der Waals surface area contributed by atoms with Crippen LogP contribution < -0.4 is 10.6 Å². The summed E-state index contributed by atoms with van der Waals surface area (Å²) < 4.78 is 12.3. The van der Waals surface area contributed by atoms with E-state index in [1.807, 2.05) is 24.5 Å². The third-order valence-electron chi connectivity index (χ3n) is 3.72. The number of urea groups is 1. The molecule has 10 heteroatoms. The zero-order valence-corrected chi connectivity index (χ0v) is 15.7. The number of amides is 3. The molecule has 0 spiro atoms. The minimum Gasteiger partial charge on any atom is -0.469 e. The van der Waals surface area contributed by atoms with E-state index in [0.29, 0.717) is 23.3 Å². The van der Waals surface area contributed by atoms with Crippen LogP contribution >= 0.6 is 11.8 Å². The molecule has 2 N–H and O–H groups in total. The zero-order valence-electron chi connectivity index (χ0n) is 14.9. The van der Waals surface area contributed by atoms with Crippen LogP contribution in [0.2, 0.25) is 0 Å². The SMILES string of the molecule is CCn1c(SCC(=O)NC(=O)NCc2ccco2)nnc1-c1ccoc1C. The maximum absolute atomic E-state index is 12.0. The molecule has 142 valence electrons. The van der Waals surface area contributed by atoms with Crippen LogP contribution in [0, 0.1) is 6.92 Å². The molecule has 0 fully saturated rings. The quantitative estimate of drug-likeness (QED) is 0.597. The second-order valence-electron chi connectivity index (χ2n) is 5.54. The molecule has 0 atom stereocenters. The van der Waals surface area contributed by atoms with Crippen LogP contribution in [-0.4, -0.2) is 32.5 Å². The van der Waals surface area contributed by atoms with E-state index in [9.17, 15) is 9.59 Å². The molecular formula is C17H19N5O4S. The minimum absolute atomic E-state index is 0.0384. The van der Waals surface area contributed by atoms with E-state index in [0.717, 1.165) is 11.3 Å². The standard InChI is InChI=1S/C17H19N5O4S/c1-3-22-15(13-6-8-25-11(13)2)20-21-17(22)27-10-14(23)19-16(24)18-9-12-5-4-7-26-12/h4-8H,3,9-10H2,1-2H3,(H2,18,19,23,24). The van der Waals surface area contributed by atoms with E-state index in [1.54, 1.807) is 18.4 Å². The first kappa shape index (κ1) is 18.8. The Labute approximate surface area is 159 Å². The van der Waals surface area contributed by atoms with Crippen molar-refractivity contribution < 1.29 is 18.4 Å². The fraction of sp³-hybridized carbons (Fsp3) is 0.294. The van der Waals surface area contributed by atoms with Gasteiger partial charge in [0.15, 0.2) is 11.0 Å². The smallest absolute Gasteiger partial charge is 0.321 e. The second kappa shape index (κ2) is 8.58. The third kappa shape index (κ3) is 4.59. The van der Waals surface area contributed by atoms with Crippen LogP contribution in [0.3, 0.4) is 0 Å². The lowest BCUT2D eigenvalue weighted by molar-refractivity contribution is -0.117. The molecule has 0 bridgehead atoms. The Bertz CT molecular complexity index is 916. The van der Waals surface area contributed by atoms with Gasteiger partial charge in [-0.25, -0.2) is 4.79 Å². The van der Waals surface area contributed by atoms with Crippen molar-refractivity contribution in [1.82, 2.24) is 25.4 Å². The van der Waals surface area contributed by atoms with Crippen LogP contribution in [0.4, 0.5) is 4.79 Å². The number of furan rings is 2. The lowest BCUT2D eigenvalue weighted by Gasteiger charge is -2.07. The van der Waals surface area contributed by atoms with Crippen molar-refractivity contribution in [3.63, 3.8) is 0 Å². The Morgan fingerprint density at radius 2 is 2.07 bits per heavy atom. The van der Waals surface area contributed by atoms with E-state index < -0.39 is 11.9 Å². The highest BCUT2D eigenvalue weighted by molar-refractivity contribution is 7.99. The summed E-state index contributed by atoms with van der Waals surface area (Å²) in [4.78, 5) is 23.7. The predicted octanol–water partition coefficient (Wildman–Crippen LogP) is 2.58. The number of rotatable bonds is 7. The molecule has 3 aromatic rings. The number of aryl methyl sites for hydroxylation is 1. The van der Waals surface area contributed by atoms with Gasteiger partial charge in [-0.3, -0.25) is 10.1 Å². The van der Waals surface area contributed by atoms with Crippen LogP contribution in [0.25, 0.3) is 11.4 Å². The van der Waals surface area contributed by atoms with Crippen LogP contribution in [0.15, 0.2) is 44.7 Å². The molecule has 3 aromatic heterocycles. The van der Waals surface area contributed by atoms with Gasteiger partial charge in [0.1, 0.15) is 11.5 Å². The summed E-state index contributed by atoms with van der Waals surface area (Å²) in [6.45, 7) is 4.66. The first-order chi connectivity index (χ1) is 13.1. The number of aromatic nitrogens is 3. The van der Waals surface area contributed by atoms with Gasteiger partial charge in [-0.05, 0) is 32.0 Å². The van der Waals surface area contributed by atoms with Crippen LogP contribution in [0.1, 0.15) is 18.4 Å². The van der Waals surface area contributed by atoms with Gasteiger partial charge in [-0.2, -0.15) is 0 Å². The molecular weight excluding hydrogens is 370 g/mol. The summed E-state index contributed by atoms with van der Waals surface area (Å²) in [6, 6.07) is 4.70. The number of carbonyl (C=O) groups excluding carboxylic acids is 2. The van der Waals surface area contributed by atoms with Crippen molar-refractivity contribution in [3.8, 4) is 11.4 Å². The monoisotopic (exact) mass is 389 g/mol. The molecule has 0 aromatic carbocycles. The highest BCUT2D eigenvalue weighted by atomic mass is 32.2. The van der Waals surface area contributed by atoms with E-state index >= 15 is 0 Å². The molecule has 0 saturated heterocycles. The van der Waals surface area contributed by atoms with Crippen molar-refractivity contribution in [2.24, 2.45) is 0 Å². The summed E-state index contributed by atoms with van der Waals surface area (Å²) in [5, 5.41) is 13.8. The van der Waals surface area contributed by atoms with Crippen molar-refractivity contribution in [2.75, 3.05) is 5.75 Å². The normalized spacial score (nSPS) is 10.7. The average molecular weight is 389 g/mol. The fourth-order valence-corrected chi connectivity index (χ4v) is 3.22. The molecule has 3 heterocycles. The van der Waals surface area contributed by atoms with E-state index in [1.165, 1.54) is 18.0 Å². The van der Waals surface area contributed by atoms with E-state index in [-0.39, 0.29) is 12.3 Å². The number of hydrogen-bond donors (Lipinski definition) is 2. The fourth-order valence-electron chi connectivity index (χ4n) is 2.41. The minimum atomic E-state index is -0.580. The topological polar surface area (TPSA) is 115 Å². The Balaban J connectivity index is 1.53. The van der Waals surface area contributed by atoms with Gasteiger partial charge in [0.05, 0.1) is 30.4 Å². The van der Waals surface area contributed by atoms with Crippen LogP contribution in [-0.2, 0) is 17.9 Å². The lowest BCUT2D eigenvalue weighted by Crippen LogP contribution is -2.39. The molecule has 3 rings (SSSR count). The Hall–Kier alpha value is -3.01. The molecule has 0 unspecified atom stereocenters. The molecule has 0 saturated carbocycles. The first-order valence-electron chi connectivity index (χ1n) is 8.29. The number of imide groups is 1. The summed E-state index contributed by atoms with van der Waals surface area (Å²) >= 11 is 1.21. The average Bonchev–Trinajstić information content (AvgIpc) is 3.38. The highest BCUT2D eigenvalue weighted by Gasteiger charge is 2.17. The lowest BCUT2D eigenvalue weighted by atomic mass is 10.2. The molecule has 0 aliphatic carbocycles. The van der Waals surface area contributed by atoms with Gasteiger partial charge in [0.2, 0.25) is 5.91 Å². The van der Waals surface area contributed by atoms with Gasteiger partial charge < -0.3 is 18.7 Å².